The largest absolute Gasteiger partial charge is 0.381 e. The van der Waals surface area contributed by atoms with Crippen LogP contribution in [0.5, 0.6) is 0 Å². The molecule has 0 N–H and O–H groups in total. The van der Waals surface area contributed by atoms with E-state index in [2.05, 4.69) is 52.4 Å². The molecule has 3 aromatic rings. The molecule has 1 amide bonds. The van der Waals surface area contributed by atoms with Gasteiger partial charge in [0.05, 0.1) is 29.8 Å². The van der Waals surface area contributed by atoms with E-state index in [-0.39, 0.29) is 11.8 Å². The van der Waals surface area contributed by atoms with Gasteiger partial charge in [-0.3, -0.25) is 9.78 Å². The average Bonchev–Trinajstić information content (AvgIpc) is 3.18. The van der Waals surface area contributed by atoms with Crippen molar-refractivity contribution >= 4 is 11.4 Å². The van der Waals surface area contributed by atoms with Crippen molar-refractivity contribution in [2.45, 2.75) is 38.5 Å². The van der Waals surface area contributed by atoms with E-state index in [0.717, 1.165) is 36.0 Å². The Labute approximate surface area is 195 Å². The van der Waals surface area contributed by atoms with Crippen molar-refractivity contribution in [2.24, 2.45) is 5.92 Å². The average molecular weight is 448 g/mol. The monoisotopic (exact) mass is 447 g/mol. The molecule has 0 unspecified atom stereocenters. The van der Waals surface area contributed by atoms with Gasteiger partial charge in [-0.2, -0.15) is 0 Å². The van der Waals surface area contributed by atoms with Gasteiger partial charge in [0.1, 0.15) is 0 Å². The highest BCUT2D eigenvalue weighted by Gasteiger charge is 2.45. The fourth-order valence-electron chi connectivity index (χ4n) is 5.55. The van der Waals surface area contributed by atoms with Crippen LogP contribution in [0.4, 0.5) is 0 Å². The number of fused-ring (bicyclic) bond motifs is 1. The first-order valence-corrected chi connectivity index (χ1v) is 12.0. The zero-order valence-electron chi connectivity index (χ0n) is 19.6. The SMILES string of the molecule is Cc1cc(C)cc(C2(C(=O)N3CCOC[C@@H](Cc4nccn5cccc45)C3)CCOCC2)c1. The number of aromatic nitrogens is 2. The van der Waals surface area contributed by atoms with Gasteiger partial charge >= 0.3 is 0 Å². The third-order valence-corrected chi connectivity index (χ3v) is 7.17. The number of hydrogen-bond donors (Lipinski definition) is 0. The molecule has 2 fully saturated rings. The fraction of sp³-hybridized carbons (Fsp3) is 0.481. The highest BCUT2D eigenvalue weighted by atomic mass is 16.5. The number of ether oxygens (including phenoxy) is 2. The van der Waals surface area contributed by atoms with Gasteiger partial charge in [-0.1, -0.05) is 29.3 Å². The Kier molecular flexibility index (Phi) is 6.21. The lowest BCUT2D eigenvalue weighted by Crippen LogP contribution is -2.51. The van der Waals surface area contributed by atoms with Crippen molar-refractivity contribution in [2.75, 3.05) is 39.5 Å². The van der Waals surface area contributed by atoms with Crippen molar-refractivity contribution in [1.29, 1.82) is 0 Å². The van der Waals surface area contributed by atoms with Crippen LogP contribution >= 0.6 is 0 Å². The van der Waals surface area contributed by atoms with E-state index in [1.807, 2.05) is 24.7 Å². The lowest BCUT2D eigenvalue weighted by Gasteiger charge is -2.40. The maximum absolute atomic E-state index is 14.2. The third kappa shape index (κ3) is 4.42. The molecular weight excluding hydrogens is 414 g/mol. The Bertz CT molecular complexity index is 1110. The first kappa shape index (κ1) is 22.1. The van der Waals surface area contributed by atoms with E-state index < -0.39 is 5.41 Å². The quantitative estimate of drug-likeness (QED) is 0.612. The topological polar surface area (TPSA) is 56.1 Å². The molecule has 1 aromatic carbocycles. The molecule has 0 saturated carbocycles. The first-order chi connectivity index (χ1) is 16.0. The summed E-state index contributed by atoms with van der Waals surface area (Å²) in [4.78, 5) is 20.9. The minimum atomic E-state index is -0.524. The number of aryl methyl sites for hydroxylation is 2. The van der Waals surface area contributed by atoms with Crippen LogP contribution in [0, 0.1) is 19.8 Å². The van der Waals surface area contributed by atoms with Crippen molar-refractivity contribution < 1.29 is 14.3 Å². The standard InChI is InChI=1S/C27H33N3O3/c1-20-14-21(2)16-23(15-20)27(5-11-32-12-6-27)26(31)30-10-13-33-19-22(18-30)17-24-25-4-3-8-29(25)9-7-28-24/h3-4,7-9,14-16,22H,5-6,10-13,17-19H2,1-2H3/t22-/m0/s1. The van der Waals surface area contributed by atoms with Gasteiger partial charge in [-0.05, 0) is 50.8 Å². The zero-order chi connectivity index (χ0) is 22.8. The Balaban J connectivity index is 1.42. The second-order valence-corrected chi connectivity index (χ2v) is 9.64. The van der Waals surface area contributed by atoms with Crippen LogP contribution in [0.1, 0.15) is 35.2 Å². The number of nitrogens with zero attached hydrogens (tertiary/aromatic N) is 3. The summed E-state index contributed by atoms with van der Waals surface area (Å²) in [6.07, 6.45) is 8.09. The molecule has 6 heteroatoms. The maximum Gasteiger partial charge on any atom is 0.233 e. The highest BCUT2D eigenvalue weighted by Crippen LogP contribution is 2.38. The summed E-state index contributed by atoms with van der Waals surface area (Å²) in [6, 6.07) is 10.7. The molecular formula is C27H33N3O3. The summed E-state index contributed by atoms with van der Waals surface area (Å²) < 4.78 is 13.8. The molecule has 2 aliphatic rings. The Morgan fingerprint density at radius 3 is 2.67 bits per heavy atom. The fourth-order valence-corrected chi connectivity index (χ4v) is 5.55. The maximum atomic E-state index is 14.2. The van der Waals surface area contributed by atoms with Crippen molar-refractivity contribution in [3.05, 3.63) is 71.3 Å². The van der Waals surface area contributed by atoms with Crippen LogP contribution in [0.25, 0.3) is 5.52 Å². The first-order valence-electron chi connectivity index (χ1n) is 12.0. The van der Waals surface area contributed by atoms with E-state index in [1.54, 1.807) is 0 Å². The molecule has 0 aliphatic carbocycles. The Morgan fingerprint density at radius 1 is 1.09 bits per heavy atom. The van der Waals surface area contributed by atoms with Gasteiger partial charge in [-0.25, -0.2) is 0 Å². The van der Waals surface area contributed by atoms with Gasteiger partial charge in [0.15, 0.2) is 0 Å². The van der Waals surface area contributed by atoms with Gasteiger partial charge < -0.3 is 18.8 Å². The minimum absolute atomic E-state index is 0.209. The van der Waals surface area contributed by atoms with Gasteiger partial charge in [-0.15, -0.1) is 0 Å². The minimum Gasteiger partial charge on any atom is -0.381 e. The molecule has 33 heavy (non-hydrogen) atoms. The summed E-state index contributed by atoms with van der Waals surface area (Å²) in [5.41, 5.74) is 5.19. The van der Waals surface area contributed by atoms with Crippen LogP contribution in [0.3, 0.4) is 0 Å². The van der Waals surface area contributed by atoms with E-state index in [4.69, 9.17) is 9.47 Å². The second-order valence-electron chi connectivity index (χ2n) is 9.64. The van der Waals surface area contributed by atoms with E-state index in [9.17, 15) is 4.79 Å². The van der Waals surface area contributed by atoms with Crippen LogP contribution in [0.2, 0.25) is 0 Å². The molecule has 174 valence electrons. The van der Waals surface area contributed by atoms with Gasteiger partial charge in [0, 0.05) is 50.8 Å². The third-order valence-electron chi connectivity index (χ3n) is 7.17. The summed E-state index contributed by atoms with van der Waals surface area (Å²) in [5, 5.41) is 0. The van der Waals surface area contributed by atoms with Gasteiger partial charge in [0.25, 0.3) is 0 Å². The molecule has 2 saturated heterocycles. The van der Waals surface area contributed by atoms with E-state index >= 15 is 0 Å². The number of carbonyl (C=O) groups excluding carboxylic acids is 1. The van der Waals surface area contributed by atoms with Gasteiger partial charge in [0.2, 0.25) is 5.91 Å². The molecule has 2 aromatic heterocycles. The van der Waals surface area contributed by atoms with Crippen LogP contribution in [-0.2, 0) is 26.1 Å². The number of hydrogen-bond acceptors (Lipinski definition) is 4. The predicted molar refractivity (Wildman–Crippen MR) is 127 cm³/mol. The van der Waals surface area contributed by atoms with E-state index in [0.29, 0.717) is 39.5 Å². The second kappa shape index (κ2) is 9.27. The highest BCUT2D eigenvalue weighted by molar-refractivity contribution is 5.88. The summed E-state index contributed by atoms with van der Waals surface area (Å²) in [6.45, 7) is 8.00. The molecule has 5 rings (SSSR count). The number of rotatable bonds is 4. The molecule has 0 radical (unpaired) electrons. The summed E-state index contributed by atoms with van der Waals surface area (Å²) >= 11 is 0. The Morgan fingerprint density at radius 2 is 1.88 bits per heavy atom. The van der Waals surface area contributed by atoms with Crippen molar-refractivity contribution in [1.82, 2.24) is 14.3 Å². The lowest BCUT2D eigenvalue weighted by atomic mass is 9.72. The summed E-state index contributed by atoms with van der Waals surface area (Å²) in [5.74, 6) is 0.432. The lowest BCUT2D eigenvalue weighted by molar-refractivity contribution is -0.141. The predicted octanol–water partition coefficient (Wildman–Crippen LogP) is 3.72. The van der Waals surface area contributed by atoms with E-state index in [1.165, 1.54) is 11.1 Å². The smallest absolute Gasteiger partial charge is 0.233 e. The molecule has 1 atom stereocenters. The molecule has 2 aliphatic heterocycles. The molecule has 0 bridgehead atoms. The van der Waals surface area contributed by atoms with Crippen LogP contribution in [-0.4, -0.2) is 59.7 Å². The molecule has 6 nitrogen and oxygen atoms in total. The number of carbonyl (C=O) groups is 1. The Hall–Kier alpha value is -2.70. The molecule has 0 spiro atoms. The van der Waals surface area contributed by atoms with Crippen LogP contribution < -0.4 is 0 Å². The van der Waals surface area contributed by atoms with Crippen molar-refractivity contribution in [3.63, 3.8) is 0 Å². The summed E-state index contributed by atoms with van der Waals surface area (Å²) in [7, 11) is 0. The number of amides is 1. The van der Waals surface area contributed by atoms with Crippen molar-refractivity contribution in [3.8, 4) is 0 Å². The normalized spacial score (nSPS) is 21.2. The number of benzene rings is 1. The zero-order valence-corrected chi connectivity index (χ0v) is 19.6. The molecule has 4 heterocycles. The van der Waals surface area contributed by atoms with Crippen LogP contribution in [0.15, 0.2) is 48.9 Å².